The molecule has 1 amide bonds. The molecule has 0 aromatic heterocycles. The van der Waals surface area contributed by atoms with Crippen LogP contribution in [-0.4, -0.2) is 46.2 Å². The van der Waals surface area contributed by atoms with Gasteiger partial charge in [0.05, 0.1) is 19.1 Å². The van der Waals surface area contributed by atoms with E-state index in [9.17, 15) is 13.2 Å². The van der Waals surface area contributed by atoms with Crippen molar-refractivity contribution in [1.29, 1.82) is 0 Å². The van der Waals surface area contributed by atoms with Crippen molar-refractivity contribution in [3.8, 4) is 5.75 Å². The van der Waals surface area contributed by atoms with Crippen LogP contribution in [0.25, 0.3) is 0 Å². The largest absolute Gasteiger partial charge is 0.497 e. The predicted molar refractivity (Wildman–Crippen MR) is 103 cm³/mol. The average Bonchev–Trinajstić information content (AvgIpc) is 2.61. The van der Waals surface area contributed by atoms with Crippen LogP contribution in [0.15, 0.2) is 48.5 Å². The molecule has 0 saturated carbocycles. The first kappa shape index (κ1) is 19.8. The third kappa shape index (κ3) is 4.76. The van der Waals surface area contributed by atoms with Gasteiger partial charge in [-0.2, -0.15) is 0 Å². The molecule has 26 heavy (non-hydrogen) atoms. The van der Waals surface area contributed by atoms with Gasteiger partial charge in [-0.3, -0.25) is 9.10 Å². The number of hydrogen-bond acceptors (Lipinski definition) is 4. The van der Waals surface area contributed by atoms with Crippen molar-refractivity contribution in [2.24, 2.45) is 0 Å². The summed E-state index contributed by atoms with van der Waals surface area (Å²) in [5.74, 6) is 0.638. The maximum Gasteiger partial charge on any atom is 0.253 e. The molecule has 0 aliphatic carbocycles. The van der Waals surface area contributed by atoms with Crippen LogP contribution in [0.5, 0.6) is 5.75 Å². The SMILES string of the molecule is CCN(c1ccc(C(=O)N(C)Cc2ccc(OC)cc2)cc1)S(C)(=O)=O. The van der Waals surface area contributed by atoms with E-state index in [1.165, 1.54) is 4.31 Å². The van der Waals surface area contributed by atoms with E-state index >= 15 is 0 Å². The molecule has 0 N–H and O–H groups in total. The number of carbonyl (C=O) groups excluding carboxylic acids is 1. The van der Waals surface area contributed by atoms with Gasteiger partial charge in [-0.05, 0) is 48.9 Å². The molecule has 140 valence electrons. The lowest BCUT2D eigenvalue weighted by atomic mass is 10.1. The van der Waals surface area contributed by atoms with Crippen molar-refractivity contribution in [2.45, 2.75) is 13.5 Å². The summed E-state index contributed by atoms with van der Waals surface area (Å²) in [7, 11) is 0.00418. The lowest BCUT2D eigenvalue weighted by molar-refractivity contribution is 0.0785. The molecule has 0 atom stereocenters. The Morgan fingerprint density at radius 2 is 1.62 bits per heavy atom. The summed E-state index contributed by atoms with van der Waals surface area (Å²) in [5, 5.41) is 0. The molecule has 2 aromatic carbocycles. The van der Waals surface area contributed by atoms with Crippen LogP contribution < -0.4 is 9.04 Å². The number of nitrogens with zero attached hydrogens (tertiary/aromatic N) is 2. The molecule has 0 unspecified atom stereocenters. The summed E-state index contributed by atoms with van der Waals surface area (Å²) in [6, 6.07) is 14.1. The first-order valence-corrected chi connectivity index (χ1v) is 10.1. The van der Waals surface area contributed by atoms with Crippen LogP contribution in [-0.2, 0) is 16.6 Å². The Labute approximate surface area is 155 Å². The van der Waals surface area contributed by atoms with Crippen LogP contribution in [0, 0.1) is 0 Å². The molecule has 7 heteroatoms. The first-order valence-electron chi connectivity index (χ1n) is 8.22. The fraction of sp³-hybridized carbons (Fsp3) is 0.316. The van der Waals surface area contributed by atoms with Gasteiger partial charge in [0.2, 0.25) is 10.0 Å². The number of sulfonamides is 1. The highest BCUT2D eigenvalue weighted by Crippen LogP contribution is 2.19. The number of rotatable bonds is 7. The number of benzene rings is 2. The summed E-state index contributed by atoms with van der Waals surface area (Å²) >= 11 is 0. The molecule has 0 fully saturated rings. The van der Waals surface area contributed by atoms with Gasteiger partial charge in [0, 0.05) is 25.7 Å². The second kappa shape index (κ2) is 8.23. The second-order valence-electron chi connectivity index (χ2n) is 5.98. The van der Waals surface area contributed by atoms with Crippen molar-refractivity contribution >= 4 is 21.6 Å². The van der Waals surface area contributed by atoms with E-state index in [0.717, 1.165) is 17.6 Å². The van der Waals surface area contributed by atoms with E-state index in [-0.39, 0.29) is 5.91 Å². The van der Waals surface area contributed by atoms with Gasteiger partial charge >= 0.3 is 0 Å². The Kier molecular flexibility index (Phi) is 6.26. The second-order valence-corrected chi connectivity index (χ2v) is 7.89. The molecule has 0 aliphatic rings. The number of hydrogen-bond donors (Lipinski definition) is 0. The van der Waals surface area contributed by atoms with E-state index in [4.69, 9.17) is 4.74 Å². The van der Waals surface area contributed by atoms with Gasteiger partial charge in [-0.1, -0.05) is 12.1 Å². The Balaban J connectivity index is 2.10. The normalized spacial score (nSPS) is 11.1. The van der Waals surface area contributed by atoms with Crippen molar-refractivity contribution in [3.05, 3.63) is 59.7 Å². The Hall–Kier alpha value is -2.54. The Morgan fingerprint density at radius 1 is 1.04 bits per heavy atom. The minimum atomic E-state index is -3.34. The fourth-order valence-electron chi connectivity index (χ4n) is 2.68. The van der Waals surface area contributed by atoms with Crippen LogP contribution >= 0.6 is 0 Å². The molecule has 0 heterocycles. The van der Waals surface area contributed by atoms with Crippen LogP contribution in [0.1, 0.15) is 22.8 Å². The summed E-state index contributed by atoms with van der Waals surface area (Å²) in [5.41, 5.74) is 2.05. The maximum absolute atomic E-state index is 12.6. The van der Waals surface area contributed by atoms with E-state index < -0.39 is 10.0 Å². The van der Waals surface area contributed by atoms with Gasteiger partial charge in [0.15, 0.2) is 0 Å². The van der Waals surface area contributed by atoms with Crippen molar-refractivity contribution < 1.29 is 17.9 Å². The first-order chi connectivity index (χ1) is 12.3. The zero-order chi connectivity index (χ0) is 19.3. The summed E-state index contributed by atoms with van der Waals surface area (Å²) < 4.78 is 30.0. The third-order valence-corrected chi connectivity index (χ3v) is 5.28. The number of carbonyl (C=O) groups is 1. The minimum absolute atomic E-state index is 0.130. The predicted octanol–water partition coefficient (Wildman–Crippen LogP) is 2.75. The zero-order valence-corrected chi connectivity index (χ0v) is 16.3. The lowest BCUT2D eigenvalue weighted by Gasteiger charge is -2.21. The van der Waals surface area contributed by atoms with Crippen LogP contribution in [0.4, 0.5) is 5.69 Å². The molecule has 0 saturated heterocycles. The lowest BCUT2D eigenvalue weighted by Crippen LogP contribution is -2.29. The summed E-state index contributed by atoms with van der Waals surface area (Å²) in [6.07, 6.45) is 1.16. The van der Waals surface area contributed by atoms with E-state index in [2.05, 4.69) is 0 Å². The molecular formula is C19H24N2O4S. The smallest absolute Gasteiger partial charge is 0.253 e. The third-order valence-electron chi connectivity index (χ3n) is 4.02. The molecule has 2 aromatic rings. The molecular weight excluding hydrogens is 352 g/mol. The van der Waals surface area contributed by atoms with Crippen LogP contribution in [0.2, 0.25) is 0 Å². The van der Waals surface area contributed by atoms with Crippen molar-refractivity contribution in [1.82, 2.24) is 4.90 Å². The van der Waals surface area contributed by atoms with Gasteiger partial charge in [-0.15, -0.1) is 0 Å². The molecule has 0 aliphatic heterocycles. The van der Waals surface area contributed by atoms with E-state index in [1.807, 2.05) is 24.3 Å². The van der Waals surface area contributed by atoms with Crippen molar-refractivity contribution in [3.63, 3.8) is 0 Å². The quantitative estimate of drug-likeness (QED) is 0.745. The average molecular weight is 376 g/mol. The number of anilines is 1. The minimum Gasteiger partial charge on any atom is -0.497 e. The zero-order valence-electron chi connectivity index (χ0n) is 15.5. The van der Waals surface area contributed by atoms with Crippen molar-refractivity contribution in [2.75, 3.05) is 31.3 Å². The molecule has 0 spiro atoms. The molecule has 6 nitrogen and oxygen atoms in total. The van der Waals surface area contributed by atoms with Gasteiger partial charge in [-0.25, -0.2) is 8.42 Å². The van der Waals surface area contributed by atoms with Gasteiger partial charge in [0.1, 0.15) is 5.75 Å². The Morgan fingerprint density at radius 3 is 2.08 bits per heavy atom. The number of amides is 1. The van der Waals surface area contributed by atoms with Crippen LogP contribution in [0.3, 0.4) is 0 Å². The summed E-state index contributed by atoms with van der Waals surface area (Å²) in [6.45, 7) is 2.57. The topological polar surface area (TPSA) is 66.9 Å². The molecule has 0 bridgehead atoms. The highest BCUT2D eigenvalue weighted by Gasteiger charge is 2.17. The number of methoxy groups -OCH3 is 1. The Bertz CT molecular complexity index is 846. The van der Waals surface area contributed by atoms with Gasteiger partial charge in [0.25, 0.3) is 5.91 Å². The maximum atomic E-state index is 12.6. The molecule has 0 radical (unpaired) electrons. The van der Waals surface area contributed by atoms with E-state index in [0.29, 0.717) is 24.3 Å². The summed E-state index contributed by atoms with van der Waals surface area (Å²) in [4.78, 5) is 14.2. The van der Waals surface area contributed by atoms with E-state index in [1.54, 1.807) is 50.2 Å². The number of ether oxygens (including phenoxy) is 1. The monoisotopic (exact) mass is 376 g/mol. The highest BCUT2D eigenvalue weighted by atomic mass is 32.2. The van der Waals surface area contributed by atoms with Gasteiger partial charge < -0.3 is 9.64 Å². The highest BCUT2D eigenvalue weighted by molar-refractivity contribution is 7.92. The standard InChI is InChI=1S/C19H24N2O4S/c1-5-21(26(4,23)24)17-10-8-16(9-11-17)19(22)20(2)14-15-6-12-18(25-3)13-7-15/h6-13H,5,14H2,1-4H3. The molecule has 2 rings (SSSR count). The fourth-order valence-corrected chi connectivity index (χ4v) is 3.65.